The maximum absolute atomic E-state index is 13.6. The third-order valence-electron chi connectivity index (χ3n) is 3.37. The van der Waals surface area contributed by atoms with Crippen LogP contribution in [-0.2, 0) is 0 Å². The van der Waals surface area contributed by atoms with E-state index in [9.17, 15) is 4.39 Å². The largest absolute Gasteiger partial charge is 0.497 e. The fourth-order valence-electron chi connectivity index (χ4n) is 2.11. The van der Waals surface area contributed by atoms with Gasteiger partial charge in [-0.1, -0.05) is 6.07 Å². The van der Waals surface area contributed by atoms with Crippen molar-refractivity contribution in [3.05, 3.63) is 52.8 Å². The zero-order valence-electron chi connectivity index (χ0n) is 11.2. The smallest absolute Gasteiger partial charge is 0.124 e. The van der Waals surface area contributed by atoms with Gasteiger partial charge < -0.3 is 4.74 Å². The molecule has 0 fully saturated rings. The number of hydrogen-bond donors (Lipinski definition) is 0. The molecule has 0 spiro atoms. The van der Waals surface area contributed by atoms with Crippen molar-refractivity contribution in [2.45, 2.75) is 20.8 Å². The number of ether oxygens (including phenoxy) is 1. The lowest BCUT2D eigenvalue weighted by atomic mass is 9.94. The standard InChI is InChI=1S/C16H17FO/c1-10-5-6-14(18-4)9-15(10)16-8-13(17)7-11(2)12(16)3/h5-9H,1-4H3. The monoisotopic (exact) mass is 244 g/mol. The van der Waals surface area contributed by atoms with Gasteiger partial charge in [0, 0.05) is 0 Å². The molecule has 0 aliphatic carbocycles. The second kappa shape index (κ2) is 4.81. The topological polar surface area (TPSA) is 9.23 Å². The molecule has 2 heteroatoms. The number of aryl methyl sites for hydroxylation is 2. The molecule has 0 aliphatic rings. The summed E-state index contributed by atoms with van der Waals surface area (Å²) in [4.78, 5) is 0. The van der Waals surface area contributed by atoms with Crippen LogP contribution in [0.5, 0.6) is 5.75 Å². The van der Waals surface area contributed by atoms with Crippen LogP contribution in [-0.4, -0.2) is 7.11 Å². The SMILES string of the molecule is COc1ccc(C)c(-c2cc(F)cc(C)c2C)c1. The predicted molar refractivity (Wildman–Crippen MR) is 72.6 cm³/mol. The van der Waals surface area contributed by atoms with Gasteiger partial charge in [0.25, 0.3) is 0 Å². The molecule has 0 amide bonds. The summed E-state index contributed by atoms with van der Waals surface area (Å²) in [5.41, 5.74) is 5.14. The maximum Gasteiger partial charge on any atom is 0.124 e. The summed E-state index contributed by atoms with van der Waals surface area (Å²) in [6.45, 7) is 5.97. The minimum Gasteiger partial charge on any atom is -0.497 e. The van der Waals surface area contributed by atoms with E-state index in [1.807, 2.05) is 39.0 Å². The van der Waals surface area contributed by atoms with Gasteiger partial charge in [0.1, 0.15) is 11.6 Å². The van der Waals surface area contributed by atoms with Crippen molar-refractivity contribution < 1.29 is 9.13 Å². The summed E-state index contributed by atoms with van der Waals surface area (Å²) in [5, 5.41) is 0. The van der Waals surface area contributed by atoms with Gasteiger partial charge in [-0.3, -0.25) is 0 Å². The predicted octanol–water partition coefficient (Wildman–Crippen LogP) is 4.43. The summed E-state index contributed by atoms with van der Waals surface area (Å²) in [6.07, 6.45) is 0. The van der Waals surface area contributed by atoms with Crippen LogP contribution in [0.2, 0.25) is 0 Å². The second-order valence-electron chi connectivity index (χ2n) is 4.58. The number of halogens is 1. The maximum atomic E-state index is 13.6. The van der Waals surface area contributed by atoms with E-state index in [-0.39, 0.29) is 5.82 Å². The van der Waals surface area contributed by atoms with E-state index >= 15 is 0 Å². The second-order valence-corrected chi connectivity index (χ2v) is 4.58. The van der Waals surface area contributed by atoms with Crippen LogP contribution in [0.15, 0.2) is 30.3 Å². The molecule has 0 aliphatic heterocycles. The highest BCUT2D eigenvalue weighted by molar-refractivity contribution is 5.72. The van der Waals surface area contributed by atoms with Gasteiger partial charge in [0.05, 0.1) is 7.11 Å². The Balaban J connectivity index is 2.68. The van der Waals surface area contributed by atoms with Crippen molar-refractivity contribution >= 4 is 0 Å². The minimum absolute atomic E-state index is 0.199. The van der Waals surface area contributed by atoms with Crippen LogP contribution in [0, 0.1) is 26.6 Å². The van der Waals surface area contributed by atoms with Gasteiger partial charge in [0.15, 0.2) is 0 Å². The van der Waals surface area contributed by atoms with Crippen molar-refractivity contribution in [2.24, 2.45) is 0 Å². The molecule has 2 aromatic rings. The molecular formula is C16H17FO. The molecule has 0 aromatic heterocycles. The fraction of sp³-hybridized carbons (Fsp3) is 0.250. The highest BCUT2D eigenvalue weighted by Crippen LogP contribution is 2.31. The fourth-order valence-corrected chi connectivity index (χ4v) is 2.11. The van der Waals surface area contributed by atoms with Crippen LogP contribution in [0.4, 0.5) is 4.39 Å². The van der Waals surface area contributed by atoms with E-state index in [4.69, 9.17) is 4.74 Å². The van der Waals surface area contributed by atoms with E-state index < -0.39 is 0 Å². The van der Waals surface area contributed by atoms with Gasteiger partial charge in [-0.05, 0) is 72.9 Å². The van der Waals surface area contributed by atoms with Crippen molar-refractivity contribution in [2.75, 3.05) is 7.11 Å². The summed E-state index contributed by atoms with van der Waals surface area (Å²) in [7, 11) is 1.64. The molecule has 0 bridgehead atoms. The molecule has 1 nitrogen and oxygen atoms in total. The van der Waals surface area contributed by atoms with Crippen molar-refractivity contribution in [3.8, 4) is 16.9 Å². The summed E-state index contributed by atoms with van der Waals surface area (Å²) in [6, 6.07) is 9.02. The minimum atomic E-state index is -0.199. The van der Waals surface area contributed by atoms with Crippen molar-refractivity contribution in [1.29, 1.82) is 0 Å². The first-order valence-electron chi connectivity index (χ1n) is 5.94. The normalized spacial score (nSPS) is 10.5. The van der Waals surface area contributed by atoms with Gasteiger partial charge in [0.2, 0.25) is 0 Å². The molecule has 2 aromatic carbocycles. The number of rotatable bonds is 2. The van der Waals surface area contributed by atoms with Gasteiger partial charge >= 0.3 is 0 Å². The first-order chi connectivity index (χ1) is 8.52. The average Bonchev–Trinajstić information content (AvgIpc) is 2.34. The zero-order chi connectivity index (χ0) is 13.3. The van der Waals surface area contributed by atoms with E-state index in [2.05, 4.69) is 0 Å². The van der Waals surface area contributed by atoms with E-state index in [1.165, 1.54) is 0 Å². The van der Waals surface area contributed by atoms with Gasteiger partial charge in [-0.25, -0.2) is 4.39 Å². The van der Waals surface area contributed by atoms with E-state index in [0.717, 1.165) is 33.6 Å². The Bertz CT molecular complexity index is 588. The highest BCUT2D eigenvalue weighted by atomic mass is 19.1. The first-order valence-corrected chi connectivity index (χ1v) is 5.94. The van der Waals surface area contributed by atoms with Gasteiger partial charge in [-0.2, -0.15) is 0 Å². The Morgan fingerprint density at radius 1 is 0.889 bits per heavy atom. The zero-order valence-corrected chi connectivity index (χ0v) is 11.2. The average molecular weight is 244 g/mol. The highest BCUT2D eigenvalue weighted by Gasteiger charge is 2.10. The third kappa shape index (κ3) is 2.23. The van der Waals surface area contributed by atoms with Crippen molar-refractivity contribution in [3.63, 3.8) is 0 Å². The summed E-state index contributed by atoms with van der Waals surface area (Å²) < 4.78 is 18.8. The van der Waals surface area contributed by atoms with Gasteiger partial charge in [-0.15, -0.1) is 0 Å². The molecule has 0 atom stereocenters. The molecule has 0 saturated carbocycles. The molecule has 0 heterocycles. The Morgan fingerprint density at radius 2 is 1.61 bits per heavy atom. The third-order valence-corrected chi connectivity index (χ3v) is 3.37. The van der Waals surface area contributed by atoms with Crippen LogP contribution < -0.4 is 4.74 Å². The Hall–Kier alpha value is -1.83. The van der Waals surface area contributed by atoms with Crippen LogP contribution in [0.25, 0.3) is 11.1 Å². The first kappa shape index (κ1) is 12.6. The quantitative estimate of drug-likeness (QED) is 0.759. The van der Waals surface area contributed by atoms with Crippen molar-refractivity contribution in [1.82, 2.24) is 0 Å². The molecule has 0 saturated heterocycles. The molecule has 0 unspecified atom stereocenters. The molecule has 0 N–H and O–H groups in total. The molecule has 2 rings (SSSR count). The molecule has 18 heavy (non-hydrogen) atoms. The Morgan fingerprint density at radius 3 is 2.28 bits per heavy atom. The van der Waals surface area contributed by atoms with E-state index in [1.54, 1.807) is 19.2 Å². The lowest BCUT2D eigenvalue weighted by molar-refractivity contribution is 0.415. The Labute approximate surface area is 107 Å². The number of hydrogen-bond acceptors (Lipinski definition) is 1. The van der Waals surface area contributed by atoms with Crippen LogP contribution in [0.1, 0.15) is 16.7 Å². The lowest BCUT2D eigenvalue weighted by Gasteiger charge is -2.13. The molecular weight excluding hydrogens is 227 g/mol. The van der Waals surface area contributed by atoms with Crippen LogP contribution >= 0.6 is 0 Å². The Kier molecular flexibility index (Phi) is 3.37. The summed E-state index contributed by atoms with van der Waals surface area (Å²) in [5.74, 6) is 0.590. The molecule has 0 radical (unpaired) electrons. The lowest BCUT2D eigenvalue weighted by Crippen LogP contribution is -1.93. The van der Waals surface area contributed by atoms with Crippen LogP contribution in [0.3, 0.4) is 0 Å². The summed E-state index contributed by atoms with van der Waals surface area (Å²) >= 11 is 0. The molecule has 94 valence electrons. The number of benzene rings is 2. The van der Waals surface area contributed by atoms with E-state index in [0.29, 0.717) is 0 Å². The number of methoxy groups -OCH3 is 1.